The SMILES string of the molecule is NNc1nnc(CSc2ccc(Cl)cn2)s1. The van der Waals surface area contributed by atoms with Crippen LogP contribution in [0.25, 0.3) is 0 Å². The maximum Gasteiger partial charge on any atom is 0.219 e. The summed E-state index contributed by atoms with van der Waals surface area (Å²) in [5.41, 5.74) is 2.46. The van der Waals surface area contributed by atoms with E-state index >= 15 is 0 Å². The van der Waals surface area contributed by atoms with E-state index in [1.54, 1.807) is 18.0 Å². The van der Waals surface area contributed by atoms with Crippen molar-refractivity contribution in [3.63, 3.8) is 0 Å². The van der Waals surface area contributed by atoms with Gasteiger partial charge in [0, 0.05) is 6.20 Å². The van der Waals surface area contributed by atoms with Crippen LogP contribution in [0.5, 0.6) is 0 Å². The fraction of sp³-hybridized carbons (Fsp3) is 0.125. The molecule has 0 aliphatic rings. The fourth-order valence-corrected chi connectivity index (χ4v) is 2.54. The lowest BCUT2D eigenvalue weighted by molar-refractivity contribution is 1.03. The molecule has 16 heavy (non-hydrogen) atoms. The van der Waals surface area contributed by atoms with Gasteiger partial charge in [-0.1, -0.05) is 34.7 Å². The van der Waals surface area contributed by atoms with Gasteiger partial charge >= 0.3 is 0 Å². The number of nitrogens with zero attached hydrogens (tertiary/aromatic N) is 3. The number of hydrogen-bond donors (Lipinski definition) is 2. The van der Waals surface area contributed by atoms with E-state index in [9.17, 15) is 0 Å². The van der Waals surface area contributed by atoms with Gasteiger partial charge in [0.2, 0.25) is 5.13 Å². The van der Waals surface area contributed by atoms with Crippen LogP contribution in [-0.4, -0.2) is 15.2 Å². The standard InChI is InChI=1S/C8H8ClN5S2/c9-5-1-2-6(11-3-5)15-4-7-13-14-8(12-10)16-7/h1-3H,4,10H2,(H,12,14). The van der Waals surface area contributed by atoms with Crippen molar-refractivity contribution in [3.05, 3.63) is 28.4 Å². The molecule has 0 aliphatic heterocycles. The zero-order valence-electron chi connectivity index (χ0n) is 8.05. The van der Waals surface area contributed by atoms with Gasteiger partial charge in [-0.25, -0.2) is 10.8 Å². The van der Waals surface area contributed by atoms with Gasteiger partial charge in [0.15, 0.2) is 0 Å². The van der Waals surface area contributed by atoms with Crippen LogP contribution in [0.3, 0.4) is 0 Å². The Labute approximate surface area is 105 Å². The maximum atomic E-state index is 5.74. The third-order valence-corrected chi connectivity index (χ3v) is 3.85. The summed E-state index contributed by atoms with van der Waals surface area (Å²) < 4.78 is 0. The predicted molar refractivity (Wildman–Crippen MR) is 66.5 cm³/mol. The van der Waals surface area contributed by atoms with E-state index in [-0.39, 0.29) is 0 Å². The first-order valence-electron chi connectivity index (χ1n) is 4.31. The second-order valence-electron chi connectivity index (χ2n) is 2.75. The first kappa shape index (κ1) is 11.6. The molecule has 2 heterocycles. The highest BCUT2D eigenvalue weighted by atomic mass is 35.5. The number of nitrogen functional groups attached to an aromatic ring is 1. The molecule has 2 rings (SSSR count). The molecule has 0 aliphatic carbocycles. The van der Waals surface area contributed by atoms with Crippen LogP contribution in [0.15, 0.2) is 23.4 Å². The molecule has 0 saturated carbocycles. The molecule has 0 amide bonds. The van der Waals surface area contributed by atoms with Crippen molar-refractivity contribution in [2.45, 2.75) is 10.8 Å². The zero-order chi connectivity index (χ0) is 11.4. The lowest BCUT2D eigenvalue weighted by Gasteiger charge is -1.97. The minimum Gasteiger partial charge on any atom is -0.298 e. The van der Waals surface area contributed by atoms with Crippen molar-refractivity contribution < 1.29 is 0 Å². The van der Waals surface area contributed by atoms with Crippen molar-refractivity contribution in [2.24, 2.45) is 5.84 Å². The van der Waals surface area contributed by atoms with E-state index in [1.807, 2.05) is 12.1 Å². The quantitative estimate of drug-likeness (QED) is 0.505. The van der Waals surface area contributed by atoms with Gasteiger partial charge in [-0.15, -0.1) is 10.2 Å². The Morgan fingerprint density at radius 1 is 1.44 bits per heavy atom. The Morgan fingerprint density at radius 3 is 2.94 bits per heavy atom. The Kier molecular flexibility index (Phi) is 3.94. The van der Waals surface area contributed by atoms with Crippen molar-refractivity contribution in [3.8, 4) is 0 Å². The van der Waals surface area contributed by atoms with Gasteiger partial charge < -0.3 is 0 Å². The van der Waals surface area contributed by atoms with Gasteiger partial charge in [-0.3, -0.25) is 5.43 Å². The number of aromatic nitrogens is 3. The second-order valence-corrected chi connectivity index (χ2v) is 5.24. The van der Waals surface area contributed by atoms with Crippen LogP contribution >= 0.6 is 34.7 Å². The number of hydrogen-bond acceptors (Lipinski definition) is 7. The molecule has 2 aromatic heterocycles. The number of thioether (sulfide) groups is 1. The number of nitrogens with two attached hydrogens (primary N) is 1. The number of halogens is 1. The van der Waals surface area contributed by atoms with Crippen molar-refractivity contribution in [2.75, 3.05) is 5.43 Å². The van der Waals surface area contributed by atoms with E-state index in [4.69, 9.17) is 17.4 Å². The molecule has 0 unspecified atom stereocenters. The molecule has 2 aromatic rings. The normalized spacial score (nSPS) is 10.4. The Hall–Kier alpha value is -0.890. The van der Waals surface area contributed by atoms with Crippen LogP contribution in [0, 0.1) is 0 Å². The second kappa shape index (κ2) is 5.44. The van der Waals surface area contributed by atoms with Crippen LogP contribution < -0.4 is 11.3 Å². The topological polar surface area (TPSA) is 76.7 Å². The van der Waals surface area contributed by atoms with Crippen molar-refractivity contribution in [1.82, 2.24) is 15.2 Å². The number of hydrazine groups is 1. The summed E-state index contributed by atoms with van der Waals surface area (Å²) in [6.45, 7) is 0. The molecular weight excluding hydrogens is 266 g/mol. The van der Waals surface area contributed by atoms with Crippen LogP contribution in [0.1, 0.15) is 5.01 Å². The average Bonchev–Trinajstić information content (AvgIpc) is 2.76. The van der Waals surface area contributed by atoms with Gasteiger partial charge in [-0.2, -0.15) is 0 Å². The largest absolute Gasteiger partial charge is 0.298 e. The van der Waals surface area contributed by atoms with Crippen molar-refractivity contribution >= 4 is 39.8 Å². The minimum absolute atomic E-state index is 0.611. The third kappa shape index (κ3) is 3.05. The fourth-order valence-electron chi connectivity index (χ4n) is 0.954. The van der Waals surface area contributed by atoms with Gasteiger partial charge in [0.1, 0.15) is 5.01 Å². The molecule has 0 atom stereocenters. The molecule has 5 nitrogen and oxygen atoms in total. The highest BCUT2D eigenvalue weighted by Crippen LogP contribution is 2.24. The monoisotopic (exact) mass is 273 g/mol. The summed E-state index contributed by atoms with van der Waals surface area (Å²) in [7, 11) is 0. The summed E-state index contributed by atoms with van der Waals surface area (Å²) in [4.78, 5) is 4.17. The van der Waals surface area contributed by atoms with E-state index in [2.05, 4.69) is 20.6 Å². The first-order chi connectivity index (χ1) is 7.78. The number of rotatable bonds is 4. The molecule has 0 aromatic carbocycles. The summed E-state index contributed by atoms with van der Waals surface area (Å²) in [6, 6.07) is 3.68. The molecule has 0 bridgehead atoms. The van der Waals surface area contributed by atoms with Crippen LogP contribution in [0.4, 0.5) is 5.13 Å². The van der Waals surface area contributed by atoms with Crippen LogP contribution in [-0.2, 0) is 5.75 Å². The third-order valence-electron chi connectivity index (χ3n) is 1.63. The van der Waals surface area contributed by atoms with E-state index < -0.39 is 0 Å². The Bertz CT molecular complexity index is 458. The minimum atomic E-state index is 0.611. The lowest BCUT2D eigenvalue weighted by atomic mass is 10.5. The number of anilines is 1. The summed E-state index contributed by atoms with van der Waals surface area (Å²) in [5.74, 6) is 5.93. The molecular formula is C8H8ClN5S2. The number of pyridine rings is 1. The lowest BCUT2D eigenvalue weighted by Crippen LogP contribution is -2.05. The first-order valence-corrected chi connectivity index (χ1v) is 6.49. The van der Waals surface area contributed by atoms with E-state index in [1.165, 1.54) is 11.3 Å². The zero-order valence-corrected chi connectivity index (χ0v) is 10.4. The summed E-state index contributed by atoms with van der Waals surface area (Å²) >= 11 is 8.73. The van der Waals surface area contributed by atoms with Gasteiger partial charge in [0.05, 0.1) is 15.8 Å². The molecule has 0 fully saturated rings. The summed E-state index contributed by atoms with van der Waals surface area (Å²) in [5, 5.41) is 10.9. The highest BCUT2D eigenvalue weighted by molar-refractivity contribution is 7.98. The van der Waals surface area contributed by atoms with Gasteiger partial charge in [-0.05, 0) is 12.1 Å². The highest BCUT2D eigenvalue weighted by Gasteiger charge is 2.04. The smallest absolute Gasteiger partial charge is 0.219 e. The summed E-state index contributed by atoms with van der Waals surface area (Å²) in [6.07, 6.45) is 1.62. The number of nitrogens with one attached hydrogen (secondary N) is 1. The van der Waals surface area contributed by atoms with E-state index in [0.29, 0.717) is 15.9 Å². The van der Waals surface area contributed by atoms with E-state index in [0.717, 1.165) is 10.0 Å². The molecule has 0 spiro atoms. The molecule has 3 N–H and O–H groups in total. The Balaban J connectivity index is 1.94. The van der Waals surface area contributed by atoms with Crippen molar-refractivity contribution in [1.29, 1.82) is 0 Å². The molecule has 8 heteroatoms. The molecule has 0 radical (unpaired) electrons. The molecule has 84 valence electrons. The molecule has 0 saturated heterocycles. The van der Waals surface area contributed by atoms with Gasteiger partial charge in [0.25, 0.3) is 0 Å². The maximum absolute atomic E-state index is 5.74. The average molecular weight is 274 g/mol. The van der Waals surface area contributed by atoms with Crippen LogP contribution in [0.2, 0.25) is 5.02 Å². The Morgan fingerprint density at radius 2 is 2.31 bits per heavy atom. The predicted octanol–water partition coefficient (Wildman–Crippen LogP) is 2.16.